The van der Waals surface area contributed by atoms with E-state index in [-0.39, 0.29) is 16.8 Å². The Labute approximate surface area is 289 Å². The molecule has 1 radical (unpaired) electrons. The minimum atomic E-state index is 0. The third-order valence-corrected chi connectivity index (χ3v) is 8.95. The van der Waals surface area contributed by atoms with E-state index in [1.807, 2.05) is 12.1 Å². The molecule has 4 heterocycles. The first-order chi connectivity index (χ1) is 23.3. The van der Waals surface area contributed by atoms with Gasteiger partial charge in [-0.25, -0.2) is 9.97 Å². The van der Waals surface area contributed by atoms with Crippen molar-refractivity contribution >= 4 is 35.3 Å². The second-order valence-corrected chi connectivity index (χ2v) is 11.8. The van der Waals surface area contributed by atoms with E-state index in [1.165, 1.54) is 0 Å². The molecule has 5 aromatic rings. The van der Waals surface area contributed by atoms with E-state index in [0.29, 0.717) is 0 Å². The molecule has 0 fully saturated rings. The molecular formula is C44H28CoN3-. The van der Waals surface area contributed by atoms with E-state index in [0.717, 1.165) is 88.8 Å². The number of nitrogens with zero attached hydrogens (tertiary/aromatic N) is 3. The predicted molar refractivity (Wildman–Crippen MR) is 194 cm³/mol. The van der Waals surface area contributed by atoms with Crippen LogP contribution in [0.25, 0.3) is 79.8 Å². The third-order valence-electron chi connectivity index (χ3n) is 8.95. The summed E-state index contributed by atoms with van der Waals surface area (Å²) in [4.78, 5) is 16.0. The van der Waals surface area contributed by atoms with Crippen molar-refractivity contribution < 1.29 is 16.8 Å². The van der Waals surface area contributed by atoms with Crippen LogP contribution in [0.15, 0.2) is 146 Å². The summed E-state index contributed by atoms with van der Waals surface area (Å²) in [5.41, 5.74) is 14.0. The number of fused-ring (bicyclic) bond motifs is 6. The van der Waals surface area contributed by atoms with Crippen molar-refractivity contribution in [3.63, 3.8) is 0 Å². The van der Waals surface area contributed by atoms with Crippen LogP contribution in [-0.2, 0) is 16.8 Å². The molecule has 0 amide bonds. The van der Waals surface area contributed by atoms with Gasteiger partial charge in [0.05, 0.1) is 22.8 Å². The van der Waals surface area contributed by atoms with Crippen LogP contribution in [0, 0.1) is 10.4 Å². The molecule has 4 aromatic carbocycles. The van der Waals surface area contributed by atoms with Crippen molar-refractivity contribution in [2.45, 2.75) is 0 Å². The smallest absolute Gasteiger partial charge is 0.0722 e. The zero-order chi connectivity index (χ0) is 31.2. The molecule has 229 valence electrons. The molecule has 0 unspecified atom stereocenters. The Morgan fingerprint density at radius 2 is 0.604 bits per heavy atom. The molecule has 3 nitrogen and oxygen atoms in total. The molecule has 6 bridgehead atoms. The van der Waals surface area contributed by atoms with Gasteiger partial charge in [-0.1, -0.05) is 146 Å². The normalized spacial score (nSPS) is 11.8. The molecule has 48 heavy (non-hydrogen) atoms. The molecule has 0 saturated carbocycles. The summed E-state index contributed by atoms with van der Waals surface area (Å²) in [6, 6.07) is 50.7. The third kappa shape index (κ3) is 5.08. The van der Waals surface area contributed by atoms with Crippen LogP contribution < -0.4 is 4.98 Å². The molecular weight excluding hydrogens is 629 g/mol. The van der Waals surface area contributed by atoms with Gasteiger partial charge in [0.1, 0.15) is 0 Å². The molecule has 0 N–H and O–H groups in total. The largest absolute Gasteiger partial charge is 0.657 e. The molecule has 4 aliphatic rings. The summed E-state index contributed by atoms with van der Waals surface area (Å²) in [6.45, 7) is 0. The summed E-state index contributed by atoms with van der Waals surface area (Å²) in [6.07, 6.45) is 8.57. The van der Waals surface area contributed by atoms with Crippen LogP contribution in [0.3, 0.4) is 0 Å². The van der Waals surface area contributed by atoms with E-state index in [4.69, 9.17) is 15.0 Å². The van der Waals surface area contributed by atoms with Crippen LogP contribution >= 0.6 is 0 Å². The summed E-state index contributed by atoms with van der Waals surface area (Å²) < 4.78 is 0. The van der Waals surface area contributed by atoms with Gasteiger partial charge in [-0.05, 0) is 68.1 Å². The van der Waals surface area contributed by atoms with Crippen LogP contribution in [0.5, 0.6) is 0 Å². The molecule has 0 atom stereocenters. The van der Waals surface area contributed by atoms with E-state index < -0.39 is 0 Å². The minimum Gasteiger partial charge on any atom is -0.657 e. The second kappa shape index (κ2) is 12.4. The first-order valence-corrected chi connectivity index (χ1v) is 15.9. The maximum absolute atomic E-state index is 5.36. The Morgan fingerprint density at radius 3 is 0.917 bits per heavy atom. The SMILES string of the molecule is C1=Cc2nc1c(-c1ccccc1)c1ccc=1c(-c1ccccc1)c1nc(c(-c3ccccc3)c3ccc([n-]3)c2-c2ccccc2)C=C1.[Co]. The van der Waals surface area contributed by atoms with Crippen molar-refractivity contribution in [1.82, 2.24) is 15.0 Å². The number of rotatable bonds is 4. The second-order valence-electron chi connectivity index (χ2n) is 11.8. The number of benzene rings is 4. The van der Waals surface area contributed by atoms with Crippen LogP contribution in [0.1, 0.15) is 22.8 Å². The van der Waals surface area contributed by atoms with Gasteiger partial charge in [-0.2, -0.15) is 0 Å². The van der Waals surface area contributed by atoms with Gasteiger partial charge in [0.2, 0.25) is 0 Å². The van der Waals surface area contributed by atoms with Crippen molar-refractivity contribution in [2.24, 2.45) is 0 Å². The zero-order valence-electron chi connectivity index (χ0n) is 25.8. The monoisotopic (exact) mass is 657 g/mol. The van der Waals surface area contributed by atoms with Crippen molar-refractivity contribution in [2.75, 3.05) is 0 Å². The van der Waals surface area contributed by atoms with Gasteiger partial charge >= 0.3 is 0 Å². The maximum Gasteiger partial charge on any atom is 0.0722 e. The van der Waals surface area contributed by atoms with Gasteiger partial charge in [-0.3, -0.25) is 0 Å². The Morgan fingerprint density at radius 1 is 0.312 bits per heavy atom. The first kappa shape index (κ1) is 29.6. The summed E-state index contributed by atoms with van der Waals surface area (Å²) in [7, 11) is 0. The Kier molecular flexibility index (Phi) is 7.65. The number of aromatic nitrogens is 3. The molecule has 0 saturated heterocycles. The van der Waals surface area contributed by atoms with Gasteiger partial charge in [-0.15, -0.1) is 11.0 Å². The Balaban J connectivity index is 0.00000336. The summed E-state index contributed by atoms with van der Waals surface area (Å²) in [5.74, 6) is 0. The number of hydrogen-bond acceptors (Lipinski definition) is 2. The van der Waals surface area contributed by atoms with Crippen molar-refractivity contribution in [3.8, 4) is 44.5 Å². The maximum atomic E-state index is 5.36. The Bertz CT molecular complexity index is 2360. The predicted octanol–water partition coefficient (Wildman–Crippen LogP) is 10.6. The van der Waals surface area contributed by atoms with Crippen molar-refractivity contribution in [1.29, 1.82) is 0 Å². The van der Waals surface area contributed by atoms with E-state index in [2.05, 4.69) is 158 Å². The van der Waals surface area contributed by atoms with E-state index >= 15 is 0 Å². The van der Waals surface area contributed by atoms with Gasteiger partial charge in [0.15, 0.2) is 0 Å². The molecule has 0 spiro atoms. The summed E-state index contributed by atoms with van der Waals surface area (Å²) in [5, 5.41) is 2.31. The molecule has 9 rings (SSSR count). The van der Waals surface area contributed by atoms with Crippen LogP contribution in [-0.4, -0.2) is 9.97 Å². The van der Waals surface area contributed by atoms with Crippen LogP contribution in [0.2, 0.25) is 0 Å². The van der Waals surface area contributed by atoms with Gasteiger partial charge < -0.3 is 4.98 Å². The average Bonchev–Trinajstić information content (AvgIpc) is 3.90. The summed E-state index contributed by atoms with van der Waals surface area (Å²) >= 11 is 0. The topological polar surface area (TPSA) is 39.9 Å². The number of hydrogen-bond donors (Lipinski definition) is 0. The van der Waals surface area contributed by atoms with E-state index in [9.17, 15) is 0 Å². The molecule has 1 aliphatic carbocycles. The van der Waals surface area contributed by atoms with Gasteiger partial charge in [0, 0.05) is 27.9 Å². The standard InChI is InChI=1S/C44H28N3.Co/c1-5-13-29(14-6-1)41-33-21-22-34(33)42(30-15-7-2-8-16-30)36-24-26-38(46-36)44(32-19-11-4-12-20-32)40-28-27-39(47-40)43(31-17-9-3-10-18-31)37-25-23-35(41)45-37;/h1-28H;/q-1;. The fourth-order valence-corrected chi connectivity index (χ4v) is 6.76. The zero-order valence-corrected chi connectivity index (χ0v) is 26.9. The molecule has 3 aliphatic heterocycles. The van der Waals surface area contributed by atoms with E-state index in [1.54, 1.807) is 0 Å². The molecule has 4 heteroatoms. The van der Waals surface area contributed by atoms with Crippen LogP contribution in [0.4, 0.5) is 0 Å². The average molecular weight is 658 g/mol. The fourth-order valence-electron chi connectivity index (χ4n) is 6.76. The first-order valence-electron chi connectivity index (χ1n) is 15.9. The Hall–Kier alpha value is -5.81. The quantitative estimate of drug-likeness (QED) is 0.189. The fraction of sp³-hybridized carbons (Fsp3) is 0. The minimum absolute atomic E-state index is 0. The van der Waals surface area contributed by atoms with Crippen molar-refractivity contribution in [3.05, 3.63) is 179 Å². The molecule has 1 aromatic heterocycles. The van der Waals surface area contributed by atoms with Gasteiger partial charge in [0.25, 0.3) is 0 Å².